The van der Waals surface area contributed by atoms with Gasteiger partial charge in [-0.1, -0.05) is 27.7 Å². The number of hydrogen-bond acceptors (Lipinski definition) is 7. The summed E-state index contributed by atoms with van der Waals surface area (Å²) in [6.45, 7) is 0.195. The van der Waals surface area contributed by atoms with Gasteiger partial charge >= 0.3 is 6.01 Å². The number of rotatable bonds is 5. The van der Waals surface area contributed by atoms with E-state index >= 15 is 4.48 Å². The molecule has 1 fully saturated rings. The molecule has 0 aliphatic carbocycles. The Hall–Kier alpha value is -3.15. The van der Waals surface area contributed by atoms with Crippen molar-refractivity contribution in [3.05, 3.63) is 63.8 Å². The monoisotopic (exact) mass is 526 g/mol. The first-order chi connectivity index (χ1) is 16.1. The van der Waals surface area contributed by atoms with Crippen molar-refractivity contribution in [1.82, 2.24) is 9.88 Å². The van der Waals surface area contributed by atoms with E-state index in [1.165, 1.54) is 47.4 Å². The largest absolute Gasteiger partial charge is 0.421 e. The Bertz CT molecular complexity index is 1360. The van der Waals surface area contributed by atoms with Gasteiger partial charge in [0, 0.05) is 29.2 Å². The molecule has 2 heterocycles. The number of hydrogen-bond donors (Lipinski definition) is 1. The number of primary amides is 1. The second-order valence-electron chi connectivity index (χ2n) is 7.43. The molecule has 178 valence electrons. The van der Waals surface area contributed by atoms with Crippen LogP contribution in [0.1, 0.15) is 20.8 Å². The molecule has 1 saturated heterocycles. The molecule has 2 N–H and O–H groups in total. The van der Waals surface area contributed by atoms with Crippen LogP contribution in [-0.2, 0) is 9.84 Å². The number of amides is 2. The van der Waals surface area contributed by atoms with E-state index in [4.69, 9.17) is 33.4 Å². The number of halogens is 3. The van der Waals surface area contributed by atoms with E-state index in [9.17, 15) is 18.0 Å². The molecule has 2 amide bonds. The Balaban J connectivity index is 1.58. The lowest BCUT2D eigenvalue weighted by atomic mass is 10.1. The van der Waals surface area contributed by atoms with Crippen LogP contribution in [0, 0.1) is 0 Å². The molecule has 2 aromatic carbocycles. The lowest BCUT2D eigenvalue weighted by Gasteiger charge is -2.26. The van der Waals surface area contributed by atoms with Crippen molar-refractivity contribution >= 4 is 56.6 Å². The first kappa shape index (κ1) is 24.0. The Morgan fingerprint density at radius 1 is 1.09 bits per heavy atom. The van der Waals surface area contributed by atoms with E-state index in [0.29, 0.717) is 5.02 Å². The summed E-state index contributed by atoms with van der Waals surface area (Å²) in [7, 11) is -3.13. The van der Waals surface area contributed by atoms with Crippen molar-refractivity contribution in [2.24, 2.45) is 5.73 Å². The molecular formula is C21H17Cl2FN4O5S. The van der Waals surface area contributed by atoms with Gasteiger partial charge in [-0.05, 0) is 42.5 Å². The number of oxazole rings is 1. The van der Waals surface area contributed by atoms with Gasteiger partial charge in [0.1, 0.15) is 0 Å². The van der Waals surface area contributed by atoms with Crippen LogP contribution < -0.4 is 10.9 Å². The molecule has 1 aromatic heterocycles. The molecule has 9 nitrogen and oxygen atoms in total. The van der Waals surface area contributed by atoms with Gasteiger partial charge in [-0.2, -0.15) is 4.98 Å². The number of nitrogens with two attached hydrogens (primary N) is 1. The Kier molecular flexibility index (Phi) is 6.52. The van der Waals surface area contributed by atoms with Gasteiger partial charge in [-0.15, -0.1) is 5.12 Å². The molecule has 34 heavy (non-hydrogen) atoms. The van der Waals surface area contributed by atoms with Gasteiger partial charge in [0.05, 0.1) is 22.2 Å². The normalized spacial score (nSPS) is 15.2. The summed E-state index contributed by atoms with van der Waals surface area (Å²) in [6, 6.07) is 9.26. The second kappa shape index (κ2) is 9.24. The minimum absolute atomic E-state index is 0.0382. The van der Waals surface area contributed by atoms with Crippen LogP contribution in [0.2, 0.25) is 10.0 Å². The number of carbonyl (C=O) groups is 2. The third-order valence-corrected chi connectivity index (χ3v) is 7.32. The highest BCUT2D eigenvalue weighted by Crippen LogP contribution is 2.37. The maximum atomic E-state index is 15.1. The summed E-state index contributed by atoms with van der Waals surface area (Å²) < 4.78 is 43.7. The number of sulfone groups is 1. The summed E-state index contributed by atoms with van der Waals surface area (Å²) in [5, 5.41) is 0.583. The van der Waals surface area contributed by atoms with E-state index < -0.39 is 21.8 Å². The van der Waals surface area contributed by atoms with Crippen molar-refractivity contribution in [1.29, 1.82) is 0 Å². The summed E-state index contributed by atoms with van der Waals surface area (Å²) in [6.07, 6.45) is 0. The third-order valence-electron chi connectivity index (χ3n) is 5.17. The highest BCUT2D eigenvalue weighted by atomic mass is 35.5. The maximum Gasteiger partial charge on any atom is 0.332 e. The van der Waals surface area contributed by atoms with E-state index in [2.05, 4.69) is 4.98 Å². The standard InChI is InChI=1S/C21H17Cl2FN4O5S/c22-13-3-6-15(16(23)11-13)18-17(19(25)29)26-21(33-18)28(24)14-4-1-12(2-5-14)20(30)27-7-9-34(31,32)10-8-27/h1-6,11H,7-10H2,(H2,25,29). The van der Waals surface area contributed by atoms with E-state index in [1.54, 1.807) is 0 Å². The van der Waals surface area contributed by atoms with Crippen LogP contribution in [0.25, 0.3) is 11.3 Å². The van der Waals surface area contributed by atoms with Crippen molar-refractivity contribution in [2.75, 3.05) is 29.7 Å². The third kappa shape index (κ3) is 4.86. The zero-order valence-electron chi connectivity index (χ0n) is 17.4. The maximum absolute atomic E-state index is 15.1. The highest BCUT2D eigenvalue weighted by molar-refractivity contribution is 7.91. The molecule has 0 radical (unpaired) electrons. The lowest BCUT2D eigenvalue weighted by molar-refractivity contribution is 0.0770. The molecule has 1 aliphatic heterocycles. The fraction of sp³-hybridized carbons (Fsp3) is 0.190. The van der Waals surface area contributed by atoms with Crippen LogP contribution in [0.3, 0.4) is 0 Å². The Labute approximate surface area is 203 Å². The van der Waals surface area contributed by atoms with Crippen LogP contribution in [0.15, 0.2) is 46.9 Å². The summed E-state index contributed by atoms with van der Waals surface area (Å²) in [5.41, 5.74) is 5.52. The first-order valence-corrected chi connectivity index (χ1v) is 12.5. The van der Waals surface area contributed by atoms with Gasteiger partial charge in [0.15, 0.2) is 21.3 Å². The quantitative estimate of drug-likeness (QED) is 0.502. The average molecular weight is 527 g/mol. The molecule has 13 heteroatoms. The van der Waals surface area contributed by atoms with Crippen molar-refractivity contribution in [3.8, 4) is 11.3 Å². The topological polar surface area (TPSA) is 127 Å². The van der Waals surface area contributed by atoms with Gasteiger partial charge in [0.25, 0.3) is 11.8 Å². The van der Waals surface area contributed by atoms with E-state index in [1.807, 2.05) is 0 Å². The van der Waals surface area contributed by atoms with Crippen molar-refractivity contribution in [2.45, 2.75) is 0 Å². The van der Waals surface area contributed by atoms with E-state index in [-0.39, 0.29) is 68.9 Å². The highest BCUT2D eigenvalue weighted by Gasteiger charge is 2.27. The number of anilines is 2. The Morgan fingerprint density at radius 3 is 2.32 bits per heavy atom. The van der Waals surface area contributed by atoms with Crippen LogP contribution in [0.4, 0.5) is 16.2 Å². The number of nitrogens with zero attached hydrogens (tertiary/aromatic N) is 3. The number of benzene rings is 2. The van der Waals surface area contributed by atoms with Gasteiger partial charge in [-0.3, -0.25) is 9.59 Å². The molecule has 0 atom stereocenters. The van der Waals surface area contributed by atoms with Crippen LogP contribution >= 0.6 is 23.2 Å². The van der Waals surface area contributed by atoms with Crippen molar-refractivity contribution in [3.63, 3.8) is 0 Å². The molecular weight excluding hydrogens is 510 g/mol. The van der Waals surface area contributed by atoms with Crippen LogP contribution in [0.5, 0.6) is 0 Å². The molecule has 0 unspecified atom stereocenters. The van der Waals surface area contributed by atoms with E-state index in [0.717, 1.165) is 0 Å². The average Bonchev–Trinajstić information content (AvgIpc) is 3.24. The second-order valence-corrected chi connectivity index (χ2v) is 10.6. The zero-order valence-corrected chi connectivity index (χ0v) is 19.7. The Morgan fingerprint density at radius 2 is 1.74 bits per heavy atom. The first-order valence-electron chi connectivity index (χ1n) is 9.87. The number of aromatic nitrogens is 1. The zero-order chi connectivity index (χ0) is 24.6. The summed E-state index contributed by atoms with van der Waals surface area (Å²) in [5.74, 6) is -1.63. The molecule has 0 bridgehead atoms. The van der Waals surface area contributed by atoms with Gasteiger partial charge in [0.2, 0.25) is 0 Å². The molecule has 0 saturated carbocycles. The van der Waals surface area contributed by atoms with Crippen molar-refractivity contribution < 1.29 is 26.9 Å². The summed E-state index contributed by atoms with van der Waals surface area (Å²) >= 11 is 12.1. The summed E-state index contributed by atoms with van der Waals surface area (Å²) in [4.78, 5) is 29.8. The van der Waals surface area contributed by atoms with Gasteiger partial charge in [-0.25, -0.2) is 8.42 Å². The smallest absolute Gasteiger partial charge is 0.332 e. The lowest BCUT2D eigenvalue weighted by Crippen LogP contribution is -2.43. The molecule has 1 aliphatic rings. The minimum atomic E-state index is -3.13. The van der Waals surface area contributed by atoms with Gasteiger partial charge < -0.3 is 15.1 Å². The minimum Gasteiger partial charge on any atom is -0.421 e. The molecule has 0 spiro atoms. The molecule has 4 rings (SSSR count). The predicted molar refractivity (Wildman–Crippen MR) is 125 cm³/mol. The SMILES string of the molecule is NC(=O)c1nc(N(F)c2ccc(C(=O)N3CCS(=O)(=O)CC3)cc2)oc1-c1ccc(Cl)cc1Cl. The number of carbonyl (C=O) groups excluding carboxylic acids is 2. The fourth-order valence-electron chi connectivity index (χ4n) is 3.36. The predicted octanol–water partition coefficient (Wildman–Crippen LogP) is 3.64. The molecule has 3 aromatic rings. The fourth-order valence-corrected chi connectivity index (χ4v) is 5.05. The van der Waals surface area contributed by atoms with Crippen LogP contribution in [-0.4, -0.2) is 54.7 Å².